The minimum atomic E-state index is -0.212. The summed E-state index contributed by atoms with van der Waals surface area (Å²) in [7, 11) is 0. The van der Waals surface area contributed by atoms with Crippen LogP contribution in [0.1, 0.15) is 37.5 Å². The van der Waals surface area contributed by atoms with Crippen molar-refractivity contribution in [3.05, 3.63) is 302 Å². The molecule has 394 valence electrons. The number of hydrogen-bond donors (Lipinski definition) is 0. The van der Waals surface area contributed by atoms with Gasteiger partial charge < -0.3 is 18.9 Å². The monoisotopic (exact) mass is 1050 g/mol. The molecule has 16 rings (SSSR count). The van der Waals surface area contributed by atoms with Crippen molar-refractivity contribution in [2.45, 2.75) is 50.1 Å². The fourth-order valence-corrected chi connectivity index (χ4v) is 15.2. The summed E-state index contributed by atoms with van der Waals surface area (Å²) < 4.78 is 4.88. The lowest BCUT2D eigenvalue weighted by Gasteiger charge is -2.52. The third-order valence-corrected chi connectivity index (χ3v) is 19.0. The van der Waals surface area contributed by atoms with Crippen molar-refractivity contribution in [1.82, 2.24) is 9.13 Å². The number of hydrogen-bond acceptors (Lipinski definition) is 2. The Morgan fingerprint density at radius 1 is 0.341 bits per heavy atom. The number of allylic oxidation sites excluding steroid dienone is 4. The maximum absolute atomic E-state index is 2.61. The average molecular weight is 1060 g/mol. The second-order valence-corrected chi connectivity index (χ2v) is 23.9. The molecule has 12 aromatic rings. The number of fused-ring (bicyclic) bond motifs is 10. The Labute approximate surface area is 480 Å². The molecule has 82 heavy (non-hydrogen) atoms. The van der Waals surface area contributed by atoms with E-state index in [9.17, 15) is 0 Å². The fraction of sp³-hybridized carbons (Fsp3) is 0.128. The molecular formula is C78H62N4. The van der Waals surface area contributed by atoms with E-state index < -0.39 is 0 Å². The van der Waals surface area contributed by atoms with Crippen molar-refractivity contribution in [3.8, 4) is 33.6 Å². The summed E-state index contributed by atoms with van der Waals surface area (Å²) in [6.45, 7) is 7.34. The molecule has 0 radical (unpaired) electrons. The standard InChI is InChI=1S/C78H62N4/c1-77(2)64-32-10-17-39-73(64)82(74-40-18-11-33-65(74)77)68-36-14-7-29-59(68)55-24-22-28-58(49-55)80-70-38-16-8-30-60(70)62-47-52(43-45-71(62)80)51-78(3)66-34-12-19-41-75(66)81(76-42-20-13-35-67(76)78)57-27-21-23-53(48-57)54-44-46-72-63(50-54)61-31-9-15-37-69(61)79(72)56-25-5-4-6-26-56/h4-50,64,66,73,75H,51H2,1-3H3. The summed E-state index contributed by atoms with van der Waals surface area (Å²) in [4.78, 5) is 5.22. The molecule has 4 aliphatic rings. The molecule has 4 heterocycles. The molecule has 5 atom stereocenters. The molecule has 0 bridgehead atoms. The zero-order valence-corrected chi connectivity index (χ0v) is 46.4. The van der Waals surface area contributed by atoms with Crippen LogP contribution in [0.4, 0.5) is 22.7 Å². The summed E-state index contributed by atoms with van der Waals surface area (Å²) in [6.07, 6.45) is 19.6. The van der Waals surface area contributed by atoms with Crippen molar-refractivity contribution in [2.24, 2.45) is 11.8 Å². The second kappa shape index (κ2) is 18.7. The highest BCUT2D eigenvalue weighted by molar-refractivity contribution is 6.11. The molecule has 0 amide bonds. The van der Waals surface area contributed by atoms with Crippen LogP contribution in [0, 0.1) is 11.8 Å². The van der Waals surface area contributed by atoms with Gasteiger partial charge in [-0.1, -0.05) is 215 Å². The summed E-state index contributed by atoms with van der Waals surface area (Å²) in [6, 6.07) is 88.8. The SMILES string of the molecule is CC1(C)c2ccccc2N(c2ccccc2-c2cccc(-n3c4ccccc4c4cc(CC5(C)c6ccccc6N(c6cccc(-c7ccc8c(c7)c7ccccc7n8-c7ccccc7)c6)C6C=CC=CC65)ccc43)c2)C2C=CC=CC21. The molecular weight excluding hydrogens is 993 g/mol. The van der Waals surface area contributed by atoms with E-state index in [-0.39, 0.29) is 28.8 Å². The van der Waals surface area contributed by atoms with E-state index in [1.807, 2.05) is 0 Å². The first-order chi connectivity index (χ1) is 40.3. The lowest BCUT2D eigenvalue weighted by atomic mass is 9.61. The van der Waals surface area contributed by atoms with E-state index in [1.54, 1.807) is 0 Å². The van der Waals surface area contributed by atoms with Gasteiger partial charge in [-0.2, -0.15) is 0 Å². The molecule has 10 aromatic carbocycles. The summed E-state index contributed by atoms with van der Waals surface area (Å²) in [5, 5.41) is 5.06. The summed E-state index contributed by atoms with van der Waals surface area (Å²) >= 11 is 0. The van der Waals surface area contributed by atoms with Crippen LogP contribution in [0.5, 0.6) is 0 Å². The molecule has 0 spiro atoms. The Kier molecular flexibility index (Phi) is 11.0. The normalized spacial score (nSPS) is 20.3. The quantitative estimate of drug-likeness (QED) is 0.151. The molecule has 0 N–H and O–H groups in total. The summed E-state index contributed by atoms with van der Waals surface area (Å²) in [5.74, 6) is 0.538. The van der Waals surface area contributed by atoms with Crippen LogP contribution < -0.4 is 9.80 Å². The van der Waals surface area contributed by atoms with E-state index >= 15 is 0 Å². The van der Waals surface area contributed by atoms with Crippen molar-refractivity contribution in [3.63, 3.8) is 0 Å². The van der Waals surface area contributed by atoms with Crippen LogP contribution in [0.2, 0.25) is 0 Å². The highest BCUT2D eigenvalue weighted by Gasteiger charge is 2.48. The van der Waals surface area contributed by atoms with Crippen LogP contribution in [0.3, 0.4) is 0 Å². The third kappa shape index (κ3) is 7.37. The molecule has 2 aromatic heterocycles. The molecule has 0 saturated carbocycles. The predicted molar refractivity (Wildman–Crippen MR) is 345 cm³/mol. The fourth-order valence-electron chi connectivity index (χ4n) is 15.2. The maximum atomic E-state index is 2.61. The summed E-state index contributed by atoms with van der Waals surface area (Å²) in [5.41, 5.74) is 20.9. The largest absolute Gasteiger partial charge is 0.334 e. The molecule has 0 saturated heterocycles. The van der Waals surface area contributed by atoms with Gasteiger partial charge in [0.15, 0.2) is 0 Å². The number of benzene rings is 10. The minimum Gasteiger partial charge on any atom is -0.334 e. The van der Waals surface area contributed by atoms with E-state index in [0.29, 0.717) is 5.92 Å². The van der Waals surface area contributed by atoms with Crippen LogP contribution in [-0.2, 0) is 17.3 Å². The third-order valence-electron chi connectivity index (χ3n) is 19.0. The van der Waals surface area contributed by atoms with Gasteiger partial charge in [-0.05, 0) is 131 Å². The minimum absolute atomic E-state index is 0.0168. The highest BCUT2D eigenvalue weighted by atomic mass is 15.2. The first kappa shape index (κ1) is 48.3. The molecule has 4 nitrogen and oxygen atoms in total. The first-order valence-corrected chi connectivity index (χ1v) is 29.2. The zero-order valence-electron chi connectivity index (χ0n) is 46.4. The van der Waals surface area contributed by atoms with E-state index in [4.69, 9.17) is 0 Å². The van der Waals surface area contributed by atoms with E-state index in [0.717, 1.165) is 12.1 Å². The van der Waals surface area contributed by atoms with Gasteiger partial charge in [0.25, 0.3) is 0 Å². The number of para-hydroxylation sites is 6. The second-order valence-electron chi connectivity index (χ2n) is 23.9. The van der Waals surface area contributed by atoms with Gasteiger partial charge in [0.2, 0.25) is 0 Å². The van der Waals surface area contributed by atoms with Gasteiger partial charge in [0.1, 0.15) is 0 Å². The molecule has 4 heteroatoms. The first-order valence-electron chi connectivity index (χ1n) is 29.2. The van der Waals surface area contributed by atoms with Crippen molar-refractivity contribution in [2.75, 3.05) is 9.80 Å². The Morgan fingerprint density at radius 3 is 1.61 bits per heavy atom. The Balaban J connectivity index is 0.757. The molecule has 2 aliphatic heterocycles. The van der Waals surface area contributed by atoms with Crippen LogP contribution in [-0.4, -0.2) is 21.2 Å². The van der Waals surface area contributed by atoms with Gasteiger partial charge in [0, 0.05) is 83.9 Å². The van der Waals surface area contributed by atoms with Gasteiger partial charge in [0.05, 0.1) is 34.2 Å². The number of rotatable bonds is 8. The number of anilines is 4. The van der Waals surface area contributed by atoms with E-state index in [2.05, 4.69) is 325 Å². The molecule has 5 unspecified atom stereocenters. The smallest absolute Gasteiger partial charge is 0.0596 e. The molecule has 0 fully saturated rings. The highest BCUT2D eigenvalue weighted by Crippen LogP contribution is 2.55. The lowest BCUT2D eigenvalue weighted by Crippen LogP contribution is -2.52. The van der Waals surface area contributed by atoms with Crippen molar-refractivity contribution < 1.29 is 0 Å². The average Bonchev–Trinajstić information content (AvgIpc) is 4.21. The van der Waals surface area contributed by atoms with Crippen LogP contribution in [0.15, 0.2) is 285 Å². The lowest BCUT2D eigenvalue weighted by molar-refractivity contribution is 0.302. The van der Waals surface area contributed by atoms with E-state index in [1.165, 1.54) is 111 Å². The maximum Gasteiger partial charge on any atom is 0.0596 e. The Hall–Kier alpha value is -9.64. The topological polar surface area (TPSA) is 16.3 Å². The predicted octanol–water partition coefficient (Wildman–Crippen LogP) is 19.5. The van der Waals surface area contributed by atoms with Gasteiger partial charge >= 0.3 is 0 Å². The van der Waals surface area contributed by atoms with Gasteiger partial charge in [-0.3, -0.25) is 0 Å². The zero-order chi connectivity index (χ0) is 54.7. The number of aromatic nitrogens is 2. The Bertz CT molecular complexity index is 4660. The van der Waals surface area contributed by atoms with Crippen molar-refractivity contribution >= 4 is 66.4 Å². The Morgan fingerprint density at radius 2 is 0.854 bits per heavy atom. The molecule has 2 aliphatic carbocycles. The van der Waals surface area contributed by atoms with Crippen LogP contribution in [0.25, 0.3) is 77.2 Å². The van der Waals surface area contributed by atoms with Gasteiger partial charge in [-0.25, -0.2) is 0 Å². The van der Waals surface area contributed by atoms with Crippen molar-refractivity contribution in [1.29, 1.82) is 0 Å². The van der Waals surface area contributed by atoms with Gasteiger partial charge in [-0.15, -0.1) is 0 Å². The van der Waals surface area contributed by atoms with Crippen LogP contribution >= 0.6 is 0 Å². The number of nitrogens with zero attached hydrogens (tertiary/aromatic N) is 4.